The summed E-state index contributed by atoms with van der Waals surface area (Å²) in [6, 6.07) is 6.43. The minimum atomic E-state index is -0.980. The van der Waals surface area contributed by atoms with Crippen molar-refractivity contribution in [2.24, 2.45) is 0 Å². The maximum Gasteiger partial charge on any atom is 0.411 e. The van der Waals surface area contributed by atoms with Crippen LogP contribution < -0.4 is 0 Å². The quantitative estimate of drug-likeness (QED) is 0.917. The molecule has 2 heterocycles. The Hall–Kier alpha value is -2.63. The minimum Gasteiger partial charge on any atom is -0.465 e. The summed E-state index contributed by atoms with van der Waals surface area (Å²) < 4.78 is 15.1. The first-order valence-electron chi connectivity index (χ1n) is 7.52. The summed E-state index contributed by atoms with van der Waals surface area (Å²) in [6.07, 6.45) is 2.91. The molecule has 1 amide bonds. The number of benzene rings is 1. The summed E-state index contributed by atoms with van der Waals surface area (Å²) in [7, 11) is 0. The Bertz CT molecular complexity index is 763. The molecule has 0 radical (unpaired) electrons. The number of carbonyl (C=O) groups is 1. The van der Waals surface area contributed by atoms with Gasteiger partial charge in [0.25, 0.3) is 0 Å². The molecule has 6 heteroatoms. The third-order valence-corrected chi connectivity index (χ3v) is 3.89. The summed E-state index contributed by atoms with van der Waals surface area (Å²) in [6.45, 7) is 4.44. The summed E-state index contributed by atoms with van der Waals surface area (Å²) in [5, 5.41) is 13.8. The van der Waals surface area contributed by atoms with Crippen molar-refractivity contribution in [1.82, 2.24) is 14.7 Å². The lowest BCUT2D eigenvalue weighted by atomic mass is 10.0. The van der Waals surface area contributed by atoms with Crippen molar-refractivity contribution in [3.8, 4) is 11.3 Å². The molecule has 1 N–H and O–H groups in total. The highest BCUT2D eigenvalue weighted by atomic mass is 19.1. The van der Waals surface area contributed by atoms with Gasteiger partial charge in [-0.2, -0.15) is 5.10 Å². The summed E-state index contributed by atoms with van der Waals surface area (Å²) >= 11 is 0. The van der Waals surface area contributed by atoms with Crippen LogP contribution in [0.1, 0.15) is 31.1 Å². The van der Waals surface area contributed by atoms with Gasteiger partial charge in [-0.25, -0.2) is 9.18 Å². The number of nitrogens with zero attached hydrogens (tertiary/aromatic N) is 3. The number of fused-ring (bicyclic) bond motifs is 1. The highest BCUT2D eigenvalue weighted by Crippen LogP contribution is 2.32. The molecule has 0 bridgehead atoms. The van der Waals surface area contributed by atoms with Crippen molar-refractivity contribution in [3.05, 3.63) is 47.5 Å². The minimum absolute atomic E-state index is 0.144. The van der Waals surface area contributed by atoms with E-state index in [0.29, 0.717) is 13.0 Å². The molecule has 0 fully saturated rings. The molecule has 5 nitrogen and oxygen atoms in total. The van der Waals surface area contributed by atoms with Gasteiger partial charge in [0.2, 0.25) is 0 Å². The van der Waals surface area contributed by atoms with E-state index in [4.69, 9.17) is 5.11 Å². The molecule has 0 saturated carbocycles. The molecule has 0 atom stereocenters. The number of aromatic nitrogens is 2. The molecule has 0 saturated heterocycles. The standard InChI is InChI=1S/C17H18FN3O2/c1-11(2)21-16(12-3-5-13(18)6-4-12)14-7-9-20(17(22)23)10-8-15(14)19-21/h3-7,9,11H,8,10H2,1-2H3,(H,22,23). The van der Waals surface area contributed by atoms with Gasteiger partial charge in [0.15, 0.2) is 0 Å². The number of hydrogen-bond acceptors (Lipinski definition) is 2. The third-order valence-electron chi connectivity index (χ3n) is 3.89. The molecule has 1 aromatic heterocycles. The SMILES string of the molecule is CC(C)n1nc2c(c1-c1ccc(F)cc1)C=CN(C(=O)O)CC2. The van der Waals surface area contributed by atoms with E-state index in [0.717, 1.165) is 22.5 Å². The van der Waals surface area contributed by atoms with Crippen molar-refractivity contribution in [3.63, 3.8) is 0 Å². The predicted molar refractivity (Wildman–Crippen MR) is 85.5 cm³/mol. The van der Waals surface area contributed by atoms with E-state index in [1.165, 1.54) is 17.0 Å². The molecule has 1 aromatic carbocycles. The molecular formula is C17H18FN3O2. The smallest absolute Gasteiger partial charge is 0.411 e. The summed E-state index contributed by atoms with van der Waals surface area (Å²) in [5.41, 5.74) is 3.51. The van der Waals surface area contributed by atoms with E-state index < -0.39 is 6.09 Å². The number of hydrogen-bond donors (Lipinski definition) is 1. The Morgan fingerprint density at radius 2 is 2.00 bits per heavy atom. The third kappa shape index (κ3) is 2.84. The molecule has 120 valence electrons. The molecule has 0 aliphatic carbocycles. The molecule has 1 aliphatic rings. The van der Waals surface area contributed by atoms with E-state index >= 15 is 0 Å². The van der Waals surface area contributed by atoms with Crippen LogP contribution in [-0.4, -0.2) is 32.4 Å². The topological polar surface area (TPSA) is 58.4 Å². The molecule has 2 aromatic rings. The molecule has 3 rings (SSSR count). The Labute approximate surface area is 133 Å². The summed E-state index contributed by atoms with van der Waals surface area (Å²) in [4.78, 5) is 12.4. The van der Waals surface area contributed by atoms with Gasteiger partial charge in [0.1, 0.15) is 5.82 Å². The Morgan fingerprint density at radius 1 is 1.30 bits per heavy atom. The first kappa shape index (κ1) is 15.3. The molecule has 0 spiro atoms. The number of halogens is 1. The van der Waals surface area contributed by atoms with E-state index in [2.05, 4.69) is 5.10 Å². The van der Waals surface area contributed by atoms with Crippen molar-refractivity contribution >= 4 is 12.2 Å². The fraction of sp³-hybridized carbons (Fsp3) is 0.294. The molecule has 1 aliphatic heterocycles. The maximum atomic E-state index is 13.2. The normalized spacial score (nSPS) is 14.0. The van der Waals surface area contributed by atoms with Gasteiger partial charge >= 0.3 is 6.09 Å². The van der Waals surface area contributed by atoms with Gasteiger partial charge in [-0.3, -0.25) is 9.58 Å². The second kappa shape index (κ2) is 5.87. The highest BCUT2D eigenvalue weighted by Gasteiger charge is 2.22. The lowest BCUT2D eigenvalue weighted by Gasteiger charge is -2.13. The molecule has 23 heavy (non-hydrogen) atoms. The fourth-order valence-electron chi connectivity index (χ4n) is 2.75. The first-order chi connectivity index (χ1) is 11.0. The largest absolute Gasteiger partial charge is 0.465 e. The van der Waals surface area contributed by atoms with Crippen LogP contribution in [0.2, 0.25) is 0 Å². The van der Waals surface area contributed by atoms with Crippen LogP contribution in [0.4, 0.5) is 9.18 Å². The zero-order chi connectivity index (χ0) is 16.6. The van der Waals surface area contributed by atoms with Crippen LogP contribution in [0.15, 0.2) is 30.5 Å². The number of amides is 1. The second-order valence-corrected chi connectivity index (χ2v) is 5.80. The van der Waals surface area contributed by atoms with Gasteiger partial charge < -0.3 is 5.11 Å². The monoisotopic (exact) mass is 315 g/mol. The lowest BCUT2D eigenvalue weighted by Crippen LogP contribution is -2.25. The van der Waals surface area contributed by atoms with Gasteiger partial charge in [-0.05, 0) is 44.2 Å². The van der Waals surface area contributed by atoms with Crippen molar-refractivity contribution in [2.45, 2.75) is 26.3 Å². The maximum absolute atomic E-state index is 13.2. The zero-order valence-corrected chi connectivity index (χ0v) is 13.0. The van der Waals surface area contributed by atoms with Crippen LogP contribution in [-0.2, 0) is 6.42 Å². The van der Waals surface area contributed by atoms with Gasteiger partial charge in [0, 0.05) is 36.3 Å². The van der Waals surface area contributed by atoms with Crippen LogP contribution in [0.3, 0.4) is 0 Å². The second-order valence-electron chi connectivity index (χ2n) is 5.80. The molecular weight excluding hydrogens is 297 g/mol. The van der Waals surface area contributed by atoms with Crippen LogP contribution in [0.5, 0.6) is 0 Å². The predicted octanol–water partition coefficient (Wildman–Crippen LogP) is 3.78. The van der Waals surface area contributed by atoms with E-state index in [1.807, 2.05) is 18.5 Å². The van der Waals surface area contributed by atoms with Gasteiger partial charge in [0.05, 0.1) is 11.4 Å². The Kier molecular flexibility index (Phi) is 3.90. The van der Waals surface area contributed by atoms with E-state index in [1.54, 1.807) is 24.4 Å². The van der Waals surface area contributed by atoms with E-state index in [9.17, 15) is 9.18 Å². The van der Waals surface area contributed by atoms with Crippen molar-refractivity contribution in [1.29, 1.82) is 0 Å². The van der Waals surface area contributed by atoms with Gasteiger partial charge in [-0.1, -0.05) is 0 Å². The van der Waals surface area contributed by atoms with E-state index in [-0.39, 0.29) is 11.9 Å². The zero-order valence-electron chi connectivity index (χ0n) is 13.0. The number of carboxylic acid groups (broad SMARTS) is 1. The first-order valence-corrected chi connectivity index (χ1v) is 7.52. The van der Waals surface area contributed by atoms with Crippen LogP contribution in [0, 0.1) is 5.82 Å². The van der Waals surface area contributed by atoms with Crippen molar-refractivity contribution in [2.75, 3.05) is 6.54 Å². The lowest BCUT2D eigenvalue weighted by molar-refractivity contribution is 0.163. The summed E-state index contributed by atoms with van der Waals surface area (Å²) in [5.74, 6) is -0.289. The van der Waals surface area contributed by atoms with Crippen LogP contribution >= 0.6 is 0 Å². The Balaban J connectivity index is 2.14. The average molecular weight is 315 g/mol. The highest BCUT2D eigenvalue weighted by molar-refractivity contribution is 5.76. The van der Waals surface area contributed by atoms with Crippen molar-refractivity contribution < 1.29 is 14.3 Å². The Morgan fingerprint density at radius 3 is 2.61 bits per heavy atom. The molecule has 0 unspecified atom stereocenters. The fourth-order valence-corrected chi connectivity index (χ4v) is 2.75. The average Bonchev–Trinajstić information content (AvgIpc) is 2.74. The van der Waals surface area contributed by atoms with Gasteiger partial charge in [-0.15, -0.1) is 0 Å². The van der Waals surface area contributed by atoms with Crippen LogP contribution in [0.25, 0.3) is 17.3 Å². The number of rotatable bonds is 2.